The van der Waals surface area contributed by atoms with E-state index in [4.69, 9.17) is 4.98 Å². The molecule has 3 rings (SSSR count). The third kappa shape index (κ3) is 3.23. The molecule has 3 heteroatoms. The van der Waals surface area contributed by atoms with Gasteiger partial charge in [0, 0.05) is 25.3 Å². The maximum absolute atomic E-state index is 4.78. The normalized spacial score (nSPS) is 23.1. The van der Waals surface area contributed by atoms with E-state index in [1.807, 2.05) is 0 Å². The van der Waals surface area contributed by atoms with Gasteiger partial charge in [-0.05, 0) is 69.3 Å². The Hall–Kier alpha value is -1.09. The lowest BCUT2D eigenvalue weighted by Crippen LogP contribution is -2.25. The van der Waals surface area contributed by atoms with E-state index in [9.17, 15) is 0 Å². The molecule has 3 nitrogen and oxygen atoms in total. The predicted octanol–water partition coefficient (Wildman–Crippen LogP) is 3.93. The maximum atomic E-state index is 4.78. The van der Waals surface area contributed by atoms with Crippen LogP contribution in [-0.4, -0.2) is 36.1 Å². The van der Waals surface area contributed by atoms with E-state index < -0.39 is 0 Å². The lowest BCUT2D eigenvalue weighted by Gasteiger charge is -2.26. The van der Waals surface area contributed by atoms with E-state index in [-0.39, 0.29) is 0 Å². The molecule has 1 atom stereocenters. The first-order valence-electron chi connectivity index (χ1n) is 8.75. The minimum atomic E-state index is 0.608. The molecule has 21 heavy (non-hydrogen) atoms. The Morgan fingerprint density at radius 2 is 2.00 bits per heavy atom. The molecule has 0 bridgehead atoms. The standard InChI is InChI=1S/C18H29N3/c1-3-4-9-20-12-7-8-17(20)16-14-19-18(13-15(16)2)21-10-5-6-11-21/h13-14,17H,3-12H2,1-2H3/t17-/m1/s1. The highest BCUT2D eigenvalue weighted by atomic mass is 15.2. The van der Waals surface area contributed by atoms with Crippen molar-refractivity contribution in [3.63, 3.8) is 0 Å². The minimum absolute atomic E-state index is 0.608. The monoisotopic (exact) mass is 287 g/mol. The molecule has 0 saturated carbocycles. The van der Waals surface area contributed by atoms with Gasteiger partial charge in [-0.25, -0.2) is 4.98 Å². The van der Waals surface area contributed by atoms with Gasteiger partial charge in [0.2, 0.25) is 0 Å². The van der Waals surface area contributed by atoms with E-state index >= 15 is 0 Å². The second-order valence-electron chi connectivity index (χ2n) is 6.64. The van der Waals surface area contributed by atoms with Crippen LogP contribution in [0.4, 0.5) is 5.82 Å². The van der Waals surface area contributed by atoms with Gasteiger partial charge in [0.05, 0.1) is 0 Å². The first-order valence-corrected chi connectivity index (χ1v) is 8.75. The molecular weight excluding hydrogens is 258 g/mol. The van der Waals surface area contributed by atoms with Crippen LogP contribution in [0.1, 0.15) is 62.6 Å². The van der Waals surface area contributed by atoms with Crippen molar-refractivity contribution in [3.05, 3.63) is 23.4 Å². The first-order chi connectivity index (χ1) is 10.3. The van der Waals surface area contributed by atoms with E-state index in [2.05, 4.69) is 35.9 Å². The van der Waals surface area contributed by atoms with Gasteiger partial charge in [-0.3, -0.25) is 4.90 Å². The van der Waals surface area contributed by atoms with Crippen LogP contribution in [0.25, 0.3) is 0 Å². The Morgan fingerprint density at radius 1 is 1.19 bits per heavy atom. The Balaban J connectivity index is 1.75. The van der Waals surface area contributed by atoms with Crippen molar-refractivity contribution in [2.45, 2.75) is 58.4 Å². The fourth-order valence-electron chi connectivity index (χ4n) is 3.83. The number of unbranched alkanes of at least 4 members (excludes halogenated alkanes) is 1. The number of hydrogen-bond acceptors (Lipinski definition) is 3. The highest BCUT2D eigenvalue weighted by Crippen LogP contribution is 2.34. The average Bonchev–Trinajstić information content (AvgIpc) is 3.16. The Bertz CT molecular complexity index is 466. The van der Waals surface area contributed by atoms with Gasteiger partial charge < -0.3 is 4.90 Å². The molecule has 2 aliphatic rings. The van der Waals surface area contributed by atoms with Gasteiger partial charge in [0.1, 0.15) is 5.82 Å². The third-order valence-corrected chi connectivity index (χ3v) is 5.09. The van der Waals surface area contributed by atoms with Gasteiger partial charge in [-0.1, -0.05) is 13.3 Å². The molecule has 0 spiro atoms. The quantitative estimate of drug-likeness (QED) is 0.818. The fraction of sp³-hybridized carbons (Fsp3) is 0.722. The molecule has 0 amide bonds. The molecule has 0 aromatic carbocycles. The predicted molar refractivity (Wildman–Crippen MR) is 88.9 cm³/mol. The largest absolute Gasteiger partial charge is 0.357 e. The summed E-state index contributed by atoms with van der Waals surface area (Å²) in [6.45, 7) is 9.41. The molecule has 0 N–H and O–H groups in total. The van der Waals surface area contributed by atoms with Crippen molar-refractivity contribution in [1.29, 1.82) is 0 Å². The molecule has 116 valence electrons. The molecule has 2 aliphatic heterocycles. The van der Waals surface area contributed by atoms with Crippen LogP contribution in [0.3, 0.4) is 0 Å². The van der Waals surface area contributed by atoms with Crippen LogP contribution in [0.15, 0.2) is 12.3 Å². The van der Waals surface area contributed by atoms with Crippen LogP contribution in [-0.2, 0) is 0 Å². The van der Waals surface area contributed by atoms with Gasteiger partial charge in [-0.2, -0.15) is 0 Å². The molecule has 0 radical (unpaired) electrons. The summed E-state index contributed by atoms with van der Waals surface area (Å²) >= 11 is 0. The van der Waals surface area contributed by atoms with Crippen molar-refractivity contribution < 1.29 is 0 Å². The van der Waals surface area contributed by atoms with E-state index in [0.717, 1.165) is 0 Å². The molecule has 1 aromatic heterocycles. The van der Waals surface area contributed by atoms with E-state index in [1.54, 1.807) is 0 Å². The van der Waals surface area contributed by atoms with Gasteiger partial charge >= 0.3 is 0 Å². The van der Waals surface area contributed by atoms with Gasteiger partial charge in [0.25, 0.3) is 0 Å². The zero-order valence-corrected chi connectivity index (χ0v) is 13.6. The van der Waals surface area contributed by atoms with Crippen molar-refractivity contribution in [2.24, 2.45) is 0 Å². The van der Waals surface area contributed by atoms with Crippen LogP contribution in [0.2, 0.25) is 0 Å². The summed E-state index contributed by atoms with van der Waals surface area (Å²) in [7, 11) is 0. The lowest BCUT2D eigenvalue weighted by atomic mass is 10.0. The zero-order chi connectivity index (χ0) is 14.7. The molecule has 2 saturated heterocycles. The molecule has 1 aromatic rings. The summed E-state index contributed by atoms with van der Waals surface area (Å²) in [5.41, 5.74) is 2.90. The van der Waals surface area contributed by atoms with Crippen LogP contribution in [0.5, 0.6) is 0 Å². The smallest absolute Gasteiger partial charge is 0.128 e. The minimum Gasteiger partial charge on any atom is -0.357 e. The van der Waals surface area contributed by atoms with Crippen LogP contribution < -0.4 is 4.90 Å². The molecular formula is C18H29N3. The van der Waals surface area contributed by atoms with Crippen molar-refractivity contribution in [2.75, 3.05) is 31.1 Å². The van der Waals surface area contributed by atoms with E-state index in [1.165, 1.54) is 81.6 Å². The van der Waals surface area contributed by atoms with Crippen molar-refractivity contribution in [3.8, 4) is 0 Å². The summed E-state index contributed by atoms with van der Waals surface area (Å²) in [6, 6.07) is 2.92. The number of aryl methyl sites for hydroxylation is 1. The Morgan fingerprint density at radius 3 is 2.71 bits per heavy atom. The molecule has 3 heterocycles. The highest BCUT2D eigenvalue weighted by Gasteiger charge is 2.27. The average molecular weight is 287 g/mol. The first kappa shape index (κ1) is 14.8. The summed E-state index contributed by atoms with van der Waals surface area (Å²) in [5, 5.41) is 0. The maximum Gasteiger partial charge on any atom is 0.128 e. The Kier molecular flexibility index (Phi) is 4.79. The number of nitrogens with zero attached hydrogens (tertiary/aromatic N) is 3. The SMILES string of the molecule is CCCCN1CCC[C@@H]1c1cnc(N2CCCC2)cc1C. The zero-order valence-electron chi connectivity index (χ0n) is 13.6. The van der Waals surface area contributed by atoms with Gasteiger partial charge in [-0.15, -0.1) is 0 Å². The number of anilines is 1. The number of aromatic nitrogens is 1. The number of pyridine rings is 1. The second-order valence-corrected chi connectivity index (χ2v) is 6.64. The number of likely N-dealkylation sites (tertiary alicyclic amines) is 1. The number of hydrogen-bond donors (Lipinski definition) is 0. The number of rotatable bonds is 5. The molecule has 0 unspecified atom stereocenters. The lowest BCUT2D eigenvalue weighted by molar-refractivity contribution is 0.252. The fourth-order valence-corrected chi connectivity index (χ4v) is 3.83. The molecule has 2 fully saturated rings. The van der Waals surface area contributed by atoms with Crippen LogP contribution >= 0.6 is 0 Å². The van der Waals surface area contributed by atoms with Gasteiger partial charge in [0.15, 0.2) is 0 Å². The topological polar surface area (TPSA) is 19.4 Å². The second kappa shape index (κ2) is 6.78. The van der Waals surface area contributed by atoms with Crippen molar-refractivity contribution >= 4 is 5.82 Å². The molecule has 0 aliphatic carbocycles. The summed E-state index contributed by atoms with van der Waals surface area (Å²) in [4.78, 5) is 9.88. The van der Waals surface area contributed by atoms with E-state index in [0.29, 0.717) is 6.04 Å². The summed E-state index contributed by atoms with van der Waals surface area (Å²) in [5.74, 6) is 1.19. The summed E-state index contributed by atoms with van der Waals surface area (Å²) < 4.78 is 0. The summed E-state index contributed by atoms with van der Waals surface area (Å²) in [6.07, 6.45) is 10.0. The highest BCUT2D eigenvalue weighted by molar-refractivity contribution is 5.45. The van der Waals surface area contributed by atoms with Crippen molar-refractivity contribution in [1.82, 2.24) is 9.88 Å². The Labute approximate surface area is 129 Å². The third-order valence-electron chi connectivity index (χ3n) is 5.09. The van der Waals surface area contributed by atoms with Crippen LogP contribution in [0, 0.1) is 6.92 Å².